The van der Waals surface area contributed by atoms with E-state index in [2.05, 4.69) is 0 Å². The van der Waals surface area contributed by atoms with Crippen LogP contribution in [0.2, 0.25) is 0 Å². The molecule has 0 bridgehead atoms. The zero-order chi connectivity index (χ0) is 13.6. The van der Waals surface area contributed by atoms with Gasteiger partial charge in [0.1, 0.15) is 0 Å². The Labute approximate surface area is 106 Å². The SMILES string of the molecule is CCCN(CC(F)(F)F)CC1(CO)CCOCC1. The fourth-order valence-corrected chi connectivity index (χ4v) is 2.43. The van der Waals surface area contributed by atoms with Crippen molar-refractivity contribution in [3.05, 3.63) is 0 Å². The van der Waals surface area contributed by atoms with Gasteiger partial charge in [-0.05, 0) is 25.8 Å². The number of alkyl halides is 3. The second-order valence-corrected chi connectivity index (χ2v) is 5.10. The molecule has 1 rings (SSSR count). The first kappa shape index (κ1) is 15.7. The minimum atomic E-state index is -4.18. The quantitative estimate of drug-likeness (QED) is 0.801. The van der Waals surface area contributed by atoms with Gasteiger partial charge in [-0.3, -0.25) is 4.90 Å². The maximum Gasteiger partial charge on any atom is 0.401 e. The number of nitrogens with zero attached hydrogens (tertiary/aromatic N) is 1. The van der Waals surface area contributed by atoms with Crippen LogP contribution in [0, 0.1) is 5.41 Å². The predicted octanol–water partition coefficient (Wildman–Crippen LogP) is 2.05. The number of ether oxygens (including phenoxy) is 1. The van der Waals surface area contributed by atoms with Crippen LogP contribution in [0.25, 0.3) is 0 Å². The third-order valence-corrected chi connectivity index (χ3v) is 3.39. The zero-order valence-electron chi connectivity index (χ0n) is 10.8. The highest BCUT2D eigenvalue weighted by atomic mass is 19.4. The fourth-order valence-electron chi connectivity index (χ4n) is 2.43. The summed E-state index contributed by atoms with van der Waals surface area (Å²) in [6.07, 6.45) is -2.26. The molecule has 1 saturated heterocycles. The molecule has 3 nitrogen and oxygen atoms in total. The maximum absolute atomic E-state index is 12.5. The van der Waals surface area contributed by atoms with E-state index in [1.807, 2.05) is 6.92 Å². The van der Waals surface area contributed by atoms with Crippen molar-refractivity contribution in [1.29, 1.82) is 0 Å². The second kappa shape index (κ2) is 6.73. The van der Waals surface area contributed by atoms with Gasteiger partial charge in [0, 0.05) is 25.2 Å². The van der Waals surface area contributed by atoms with Crippen molar-refractivity contribution in [3.8, 4) is 0 Å². The van der Waals surface area contributed by atoms with Gasteiger partial charge in [0.15, 0.2) is 0 Å². The summed E-state index contributed by atoms with van der Waals surface area (Å²) in [5.41, 5.74) is -0.432. The largest absolute Gasteiger partial charge is 0.401 e. The number of hydrogen-bond acceptors (Lipinski definition) is 3. The van der Waals surface area contributed by atoms with Gasteiger partial charge in [0.25, 0.3) is 0 Å². The molecule has 18 heavy (non-hydrogen) atoms. The monoisotopic (exact) mass is 269 g/mol. The van der Waals surface area contributed by atoms with Gasteiger partial charge in [-0.2, -0.15) is 13.2 Å². The van der Waals surface area contributed by atoms with Gasteiger partial charge in [-0.1, -0.05) is 6.92 Å². The molecule has 0 radical (unpaired) electrons. The fraction of sp³-hybridized carbons (Fsp3) is 1.00. The van der Waals surface area contributed by atoms with E-state index >= 15 is 0 Å². The smallest absolute Gasteiger partial charge is 0.396 e. The lowest BCUT2D eigenvalue weighted by Crippen LogP contribution is -2.46. The normalized spacial score (nSPS) is 20.3. The second-order valence-electron chi connectivity index (χ2n) is 5.10. The summed E-state index contributed by atoms with van der Waals surface area (Å²) in [5, 5.41) is 9.49. The van der Waals surface area contributed by atoms with E-state index in [1.165, 1.54) is 4.90 Å². The van der Waals surface area contributed by atoms with E-state index in [1.54, 1.807) is 0 Å². The molecule has 0 atom stereocenters. The van der Waals surface area contributed by atoms with Crippen LogP contribution >= 0.6 is 0 Å². The van der Waals surface area contributed by atoms with Gasteiger partial charge < -0.3 is 9.84 Å². The Morgan fingerprint density at radius 2 is 1.89 bits per heavy atom. The first-order valence-electron chi connectivity index (χ1n) is 6.38. The number of aliphatic hydroxyl groups excluding tert-OH is 1. The van der Waals surface area contributed by atoms with Gasteiger partial charge >= 0.3 is 6.18 Å². The third-order valence-electron chi connectivity index (χ3n) is 3.39. The van der Waals surface area contributed by atoms with Crippen molar-refractivity contribution in [1.82, 2.24) is 4.90 Å². The summed E-state index contributed by atoms with van der Waals surface area (Å²) in [6, 6.07) is 0. The Bertz CT molecular complexity index is 240. The lowest BCUT2D eigenvalue weighted by Gasteiger charge is -2.39. The lowest BCUT2D eigenvalue weighted by molar-refractivity contribution is -0.152. The highest BCUT2D eigenvalue weighted by Crippen LogP contribution is 2.32. The molecular formula is C12H22F3NO2. The molecule has 1 aliphatic heterocycles. The minimum Gasteiger partial charge on any atom is -0.396 e. The van der Waals surface area contributed by atoms with Crippen LogP contribution in [0.4, 0.5) is 13.2 Å². The Hall–Kier alpha value is -0.330. The van der Waals surface area contributed by atoms with E-state index in [0.29, 0.717) is 45.6 Å². The summed E-state index contributed by atoms with van der Waals surface area (Å²) in [6.45, 7) is 2.62. The molecule has 0 spiro atoms. The van der Waals surface area contributed by atoms with Gasteiger partial charge in [-0.25, -0.2) is 0 Å². The van der Waals surface area contributed by atoms with E-state index in [9.17, 15) is 18.3 Å². The van der Waals surface area contributed by atoms with Crippen LogP contribution in [-0.4, -0.2) is 55.6 Å². The molecule has 0 amide bonds. The highest BCUT2D eigenvalue weighted by Gasteiger charge is 2.37. The number of hydrogen-bond donors (Lipinski definition) is 1. The lowest BCUT2D eigenvalue weighted by atomic mass is 9.80. The van der Waals surface area contributed by atoms with Crippen molar-refractivity contribution >= 4 is 0 Å². The molecule has 0 aliphatic carbocycles. The summed E-state index contributed by atoms with van der Waals surface area (Å²) in [4.78, 5) is 1.40. The molecule has 1 heterocycles. The van der Waals surface area contributed by atoms with Gasteiger partial charge in [0.2, 0.25) is 0 Å². The summed E-state index contributed by atoms with van der Waals surface area (Å²) in [7, 11) is 0. The predicted molar refractivity (Wildman–Crippen MR) is 62.4 cm³/mol. The Morgan fingerprint density at radius 1 is 1.28 bits per heavy atom. The molecule has 0 aromatic carbocycles. The molecule has 1 fully saturated rings. The van der Waals surface area contributed by atoms with Crippen molar-refractivity contribution in [2.45, 2.75) is 32.4 Å². The average molecular weight is 269 g/mol. The zero-order valence-corrected chi connectivity index (χ0v) is 10.8. The van der Waals surface area contributed by atoms with Crippen LogP contribution < -0.4 is 0 Å². The van der Waals surface area contributed by atoms with Crippen LogP contribution in [0.1, 0.15) is 26.2 Å². The van der Waals surface area contributed by atoms with Crippen molar-refractivity contribution in [2.24, 2.45) is 5.41 Å². The van der Waals surface area contributed by atoms with Crippen LogP contribution in [0.15, 0.2) is 0 Å². The van der Waals surface area contributed by atoms with Crippen molar-refractivity contribution < 1.29 is 23.0 Å². The third kappa shape index (κ3) is 5.12. The van der Waals surface area contributed by atoms with E-state index in [4.69, 9.17) is 4.74 Å². The minimum absolute atomic E-state index is 0.0750. The van der Waals surface area contributed by atoms with Crippen molar-refractivity contribution in [3.63, 3.8) is 0 Å². The topological polar surface area (TPSA) is 32.7 Å². The van der Waals surface area contributed by atoms with Gasteiger partial charge in [-0.15, -0.1) is 0 Å². The van der Waals surface area contributed by atoms with Crippen LogP contribution in [0.3, 0.4) is 0 Å². The first-order chi connectivity index (χ1) is 8.41. The Morgan fingerprint density at radius 3 is 2.33 bits per heavy atom. The summed E-state index contributed by atoms with van der Waals surface area (Å²) >= 11 is 0. The number of halogens is 3. The number of rotatable bonds is 6. The first-order valence-corrected chi connectivity index (χ1v) is 6.38. The van der Waals surface area contributed by atoms with Gasteiger partial charge in [0.05, 0.1) is 13.2 Å². The number of aliphatic hydroxyl groups is 1. The molecule has 0 unspecified atom stereocenters. The molecule has 0 saturated carbocycles. The Balaban J connectivity index is 2.62. The van der Waals surface area contributed by atoms with E-state index < -0.39 is 18.1 Å². The van der Waals surface area contributed by atoms with Crippen molar-refractivity contribution in [2.75, 3.05) is 39.5 Å². The standard InChI is InChI=1S/C12H22F3NO2/c1-2-5-16(9-12(13,14)15)8-11(10-17)3-6-18-7-4-11/h17H,2-10H2,1H3. The molecule has 1 aliphatic rings. The summed E-state index contributed by atoms with van der Waals surface area (Å²) in [5.74, 6) is 0. The van der Waals surface area contributed by atoms with E-state index in [0.717, 1.165) is 0 Å². The molecule has 0 aromatic rings. The van der Waals surface area contributed by atoms with Crippen LogP contribution in [-0.2, 0) is 4.74 Å². The molecule has 108 valence electrons. The Kier molecular flexibility index (Phi) is 5.88. The molecule has 6 heteroatoms. The van der Waals surface area contributed by atoms with Crippen LogP contribution in [0.5, 0.6) is 0 Å². The molecule has 0 aromatic heterocycles. The highest BCUT2D eigenvalue weighted by molar-refractivity contribution is 4.85. The molecular weight excluding hydrogens is 247 g/mol. The maximum atomic E-state index is 12.5. The van der Waals surface area contributed by atoms with E-state index in [-0.39, 0.29) is 6.61 Å². The average Bonchev–Trinajstić information content (AvgIpc) is 2.28. The molecule has 1 N–H and O–H groups in total. The summed E-state index contributed by atoms with van der Waals surface area (Å²) < 4.78 is 42.7.